The van der Waals surface area contributed by atoms with Gasteiger partial charge in [-0.2, -0.15) is 0 Å². The largest absolute Gasteiger partial charge is 0.457 e. The van der Waals surface area contributed by atoms with Gasteiger partial charge >= 0.3 is 11.6 Å². The lowest BCUT2D eigenvalue weighted by Crippen LogP contribution is -2.08. The number of rotatable bonds is 3. The van der Waals surface area contributed by atoms with Crippen molar-refractivity contribution < 1.29 is 13.9 Å². The second kappa shape index (κ2) is 6.78. The first-order valence-electron chi connectivity index (χ1n) is 8.19. The number of hydrogen-bond donors (Lipinski definition) is 1. The van der Waals surface area contributed by atoms with Crippen LogP contribution < -0.4 is 11.4 Å². The summed E-state index contributed by atoms with van der Waals surface area (Å²) in [6.07, 6.45) is 0. The van der Waals surface area contributed by atoms with Gasteiger partial charge in [0.05, 0.1) is 16.3 Å². The van der Waals surface area contributed by atoms with E-state index < -0.39 is 11.6 Å². The summed E-state index contributed by atoms with van der Waals surface area (Å²) >= 11 is 5.87. The molecule has 134 valence electrons. The van der Waals surface area contributed by atoms with E-state index in [1.165, 1.54) is 24.3 Å². The number of halogens is 1. The highest BCUT2D eigenvalue weighted by Crippen LogP contribution is 2.28. The molecule has 27 heavy (non-hydrogen) atoms. The van der Waals surface area contributed by atoms with E-state index in [1.54, 1.807) is 6.07 Å². The molecule has 0 saturated carbocycles. The van der Waals surface area contributed by atoms with Crippen molar-refractivity contribution in [1.29, 1.82) is 0 Å². The summed E-state index contributed by atoms with van der Waals surface area (Å²) in [7, 11) is 0. The van der Waals surface area contributed by atoms with Crippen molar-refractivity contribution >= 4 is 45.0 Å². The molecule has 0 spiro atoms. The van der Waals surface area contributed by atoms with E-state index in [-0.39, 0.29) is 12.2 Å². The van der Waals surface area contributed by atoms with Crippen LogP contribution in [0.25, 0.3) is 21.7 Å². The summed E-state index contributed by atoms with van der Waals surface area (Å²) in [6.45, 7) is -0.0720. The smallest absolute Gasteiger partial charge is 0.338 e. The van der Waals surface area contributed by atoms with Crippen molar-refractivity contribution in [1.82, 2.24) is 0 Å². The van der Waals surface area contributed by atoms with Crippen LogP contribution in [0.1, 0.15) is 15.9 Å². The van der Waals surface area contributed by atoms with Gasteiger partial charge in [0, 0.05) is 17.0 Å². The number of ether oxygens (including phenoxy) is 1. The molecule has 0 fully saturated rings. The van der Waals surface area contributed by atoms with E-state index in [1.807, 2.05) is 30.3 Å². The van der Waals surface area contributed by atoms with Crippen molar-refractivity contribution in [3.05, 3.63) is 87.2 Å². The molecular formula is C21H14ClNO4. The monoisotopic (exact) mass is 379 g/mol. The minimum absolute atomic E-state index is 0.0720. The molecule has 0 atom stereocenters. The maximum absolute atomic E-state index is 12.3. The summed E-state index contributed by atoms with van der Waals surface area (Å²) in [6, 6.07) is 17.2. The lowest BCUT2D eigenvalue weighted by molar-refractivity contribution is 0.0474. The normalized spacial score (nSPS) is 11.0. The summed E-state index contributed by atoms with van der Waals surface area (Å²) < 4.78 is 10.7. The number of esters is 1. The quantitative estimate of drug-likeness (QED) is 0.244. The van der Waals surface area contributed by atoms with Crippen LogP contribution in [0, 0.1) is 0 Å². The van der Waals surface area contributed by atoms with Crippen LogP contribution in [0.5, 0.6) is 0 Å². The van der Waals surface area contributed by atoms with E-state index in [0.717, 1.165) is 16.2 Å². The Balaban J connectivity index is 1.73. The molecule has 4 rings (SSSR count). The minimum Gasteiger partial charge on any atom is -0.457 e. The number of carbonyl (C=O) groups is 1. The maximum Gasteiger partial charge on any atom is 0.338 e. The van der Waals surface area contributed by atoms with E-state index in [9.17, 15) is 9.59 Å². The second-order valence-electron chi connectivity index (χ2n) is 6.06. The summed E-state index contributed by atoms with van der Waals surface area (Å²) in [5.74, 6) is -0.556. The molecule has 0 radical (unpaired) electrons. The molecule has 6 heteroatoms. The molecule has 4 aromatic rings. The molecule has 0 aliphatic carbocycles. The van der Waals surface area contributed by atoms with Crippen molar-refractivity contribution in [3.8, 4) is 0 Å². The van der Waals surface area contributed by atoms with Gasteiger partial charge in [0.2, 0.25) is 0 Å². The number of nitrogen functional groups attached to an aromatic ring is 1. The zero-order valence-corrected chi connectivity index (χ0v) is 14.8. The van der Waals surface area contributed by atoms with Crippen molar-refractivity contribution in [3.63, 3.8) is 0 Å². The van der Waals surface area contributed by atoms with Gasteiger partial charge in [0.25, 0.3) is 0 Å². The van der Waals surface area contributed by atoms with Gasteiger partial charge in [-0.25, -0.2) is 9.59 Å². The lowest BCUT2D eigenvalue weighted by Gasteiger charge is -2.10. The first-order chi connectivity index (χ1) is 13.0. The third kappa shape index (κ3) is 3.25. The fourth-order valence-corrected chi connectivity index (χ4v) is 3.15. The third-order valence-electron chi connectivity index (χ3n) is 4.31. The average Bonchev–Trinajstić information content (AvgIpc) is 2.67. The standard InChI is InChI=1S/C21H14ClNO4/c22-16-7-5-13(9-17(16)23)21(25)26-11-14-10-19(24)27-18-8-6-12-3-1-2-4-15(12)20(14)18/h1-10H,11,23H2. The van der Waals surface area contributed by atoms with Gasteiger partial charge in [-0.1, -0.05) is 41.9 Å². The number of fused-ring (bicyclic) bond motifs is 3. The van der Waals surface area contributed by atoms with Gasteiger partial charge < -0.3 is 14.9 Å². The van der Waals surface area contributed by atoms with Gasteiger partial charge in [-0.15, -0.1) is 0 Å². The Morgan fingerprint density at radius 1 is 1.07 bits per heavy atom. The predicted octanol–water partition coefficient (Wildman–Crippen LogP) is 4.54. The number of anilines is 1. The molecule has 0 aliphatic heterocycles. The van der Waals surface area contributed by atoms with Crippen LogP contribution in [-0.2, 0) is 11.3 Å². The summed E-state index contributed by atoms with van der Waals surface area (Å²) in [5.41, 5.74) is 6.83. The molecule has 0 bridgehead atoms. The first kappa shape index (κ1) is 17.1. The highest BCUT2D eigenvalue weighted by molar-refractivity contribution is 6.33. The molecule has 0 aliphatic rings. The Hall–Kier alpha value is -3.31. The minimum atomic E-state index is -0.556. The molecule has 5 nitrogen and oxygen atoms in total. The molecule has 0 unspecified atom stereocenters. The van der Waals surface area contributed by atoms with E-state index in [4.69, 9.17) is 26.5 Å². The highest BCUT2D eigenvalue weighted by Gasteiger charge is 2.13. The van der Waals surface area contributed by atoms with Crippen LogP contribution >= 0.6 is 11.6 Å². The van der Waals surface area contributed by atoms with Crippen LogP contribution in [0.4, 0.5) is 5.69 Å². The molecule has 0 saturated heterocycles. The Kier molecular flexibility index (Phi) is 4.30. The van der Waals surface area contributed by atoms with Crippen molar-refractivity contribution in [2.45, 2.75) is 6.61 Å². The molecular weight excluding hydrogens is 366 g/mol. The molecule has 1 heterocycles. The number of nitrogens with two attached hydrogens (primary N) is 1. The van der Waals surface area contributed by atoms with Crippen molar-refractivity contribution in [2.24, 2.45) is 0 Å². The van der Waals surface area contributed by atoms with Gasteiger partial charge in [0.1, 0.15) is 12.2 Å². The zero-order chi connectivity index (χ0) is 19.0. The van der Waals surface area contributed by atoms with Crippen LogP contribution in [0.3, 0.4) is 0 Å². The highest BCUT2D eigenvalue weighted by atomic mass is 35.5. The lowest BCUT2D eigenvalue weighted by atomic mass is 10.0. The van der Waals surface area contributed by atoms with Crippen LogP contribution in [-0.4, -0.2) is 5.97 Å². The van der Waals surface area contributed by atoms with E-state index >= 15 is 0 Å². The zero-order valence-electron chi connectivity index (χ0n) is 14.1. The van der Waals surface area contributed by atoms with Crippen molar-refractivity contribution in [2.75, 3.05) is 5.73 Å². The summed E-state index contributed by atoms with van der Waals surface area (Å²) in [4.78, 5) is 24.2. The van der Waals surface area contributed by atoms with Gasteiger partial charge in [0.15, 0.2) is 0 Å². The van der Waals surface area contributed by atoms with E-state index in [0.29, 0.717) is 21.9 Å². The average molecular weight is 380 g/mol. The fourth-order valence-electron chi connectivity index (χ4n) is 3.03. The first-order valence-corrected chi connectivity index (χ1v) is 8.57. The molecule has 3 aromatic carbocycles. The van der Waals surface area contributed by atoms with Crippen LogP contribution in [0.2, 0.25) is 5.02 Å². The topological polar surface area (TPSA) is 82.5 Å². The molecule has 0 amide bonds. The van der Waals surface area contributed by atoms with Gasteiger partial charge in [-0.3, -0.25) is 0 Å². The van der Waals surface area contributed by atoms with Crippen LogP contribution in [0.15, 0.2) is 69.9 Å². The second-order valence-corrected chi connectivity index (χ2v) is 6.47. The third-order valence-corrected chi connectivity index (χ3v) is 4.65. The Morgan fingerprint density at radius 3 is 2.70 bits per heavy atom. The summed E-state index contributed by atoms with van der Waals surface area (Å²) in [5, 5.41) is 3.03. The predicted molar refractivity (Wildman–Crippen MR) is 105 cm³/mol. The number of carbonyl (C=O) groups excluding carboxylic acids is 1. The Labute approximate surface area is 158 Å². The number of hydrogen-bond acceptors (Lipinski definition) is 5. The maximum atomic E-state index is 12.3. The molecule has 2 N–H and O–H groups in total. The Bertz CT molecular complexity index is 1250. The van der Waals surface area contributed by atoms with Gasteiger partial charge in [-0.05, 0) is 35.0 Å². The molecule has 1 aromatic heterocycles. The van der Waals surface area contributed by atoms with E-state index in [2.05, 4.69) is 0 Å². The fraction of sp³-hybridized carbons (Fsp3) is 0.0476. The number of benzene rings is 3. The SMILES string of the molecule is Nc1cc(C(=O)OCc2cc(=O)oc3ccc4ccccc4c23)ccc1Cl. The Morgan fingerprint density at radius 2 is 1.89 bits per heavy atom.